The number of benzene rings is 1. The van der Waals surface area contributed by atoms with Gasteiger partial charge in [-0.1, -0.05) is 12.5 Å². The van der Waals surface area contributed by atoms with Crippen LogP contribution in [0, 0.1) is 5.92 Å². The molecule has 1 aromatic rings. The van der Waals surface area contributed by atoms with Gasteiger partial charge in [-0.25, -0.2) is 8.42 Å². The molecule has 0 radical (unpaired) electrons. The van der Waals surface area contributed by atoms with E-state index in [4.69, 9.17) is 14.2 Å². The van der Waals surface area contributed by atoms with Gasteiger partial charge in [-0.3, -0.25) is 4.90 Å². The van der Waals surface area contributed by atoms with Crippen LogP contribution in [0.25, 0.3) is 0 Å². The summed E-state index contributed by atoms with van der Waals surface area (Å²) >= 11 is 0. The summed E-state index contributed by atoms with van der Waals surface area (Å²) in [7, 11) is -1.16. The molecule has 166 valence electrons. The van der Waals surface area contributed by atoms with Crippen LogP contribution in [0.2, 0.25) is 0 Å². The zero-order valence-corrected chi connectivity index (χ0v) is 18.7. The molecule has 5 rings (SSSR count). The van der Waals surface area contributed by atoms with E-state index in [-0.39, 0.29) is 23.5 Å². The van der Waals surface area contributed by atoms with Crippen LogP contribution in [0.1, 0.15) is 62.2 Å². The number of methoxy groups -OCH3 is 1. The molecular formula is C23H33NO5S. The first-order valence-corrected chi connectivity index (χ1v) is 13.2. The van der Waals surface area contributed by atoms with Crippen molar-refractivity contribution >= 4 is 9.84 Å². The van der Waals surface area contributed by atoms with Gasteiger partial charge in [0, 0.05) is 44.6 Å². The molecule has 0 N–H and O–H groups in total. The molecule has 1 unspecified atom stereocenters. The third-order valence-electron chi connectivity index (χ3n) is 7.63. The molecule has 3 fully saturated rings. The molecule has 3 aliphatic heterocycles. The quantitative estimate of drug-likeness (QED) is 0.722. The summed E-state index contributed by atoms with van der Waals surface area (Å²) in [6.45, 7) is 2.66. The Morgan fingerprint density at radius 3 is 2.50 bits per heavy atom. The molecule has 1 aliphatic carbocycles. The third-order valence-corrected chi connectivity index (χ3v) is 9.35. The zero-order chi connectivity index (χ0) is 20.8. The molecule has 0 bridgehead atoms. The lowest BCUT2D eigenvalue weighted by Crippen LogP contribution is -2.54. The largest absolute Gasteiger partial charge is 0.462 e. The van der Waals surface area contributed by atoms with Gasteiger partial charge in [-0.05, 0) is 49.3 Å². The Morgan fingerprint density at radius 2 is 1.87 bits per heavy atom. The van der Waals surface area contributed by atoms with Crippen LogP contribution in [0.3, 0.4) is 0 Å². The predicted molar refractivity (Wildman–Crippen MR) is 114 cm³/mol. The van der Waals surface area contributed by atoms with Gasteiger partial charge >= 0.3 is 0 Å². The SMILES string of the molecule is COC(c1ccc2c(c1)COC1(CCN(C3CCC3)CC1)O2)C1CCS(=O)(=O)CC1. The Bertz CT molecular complexity index is 860. The summed E-state index contributed by atoms with van der Waals surface area (Å²) in [6.07, 6.45) is 7.11. The first kappa shape index (κ1) is 20.7. The van der Waals surface area contributed by atoms with Crippen molar-refractivity contribution in [3.05, 3.63) is 29.3 Å². The number of likely N-dealkylation sites (tertiary alicyclic amines) is 1. The molecule has 1 aromatic carbocycles. The van der Waals surface area contributed by atoms with E-state index in [0.29, 0.717) is 19.4 Å². The van der Waals surface area contributed by atoms with Crippen molar-refractivity contribution in [3.63, 3.8) is 0 Å². The highest BCUT2D eigenvalue weighted by atomic mass is 32.2. The molecule has 7 heteroatoms. The summed E-state index contributed by atoms with van der Waals surface area (Å²) in [5.74, 6) is 1.18. The molecule has 1 saturated carbocycles. The highest BCUT2D eigenvalue weighted by molar-refractivity contribution is 7.91. The molecular weight excluding hydrogens is 402 g/mol. The predicted octanol–water partition coefficient (Wildman–Crippen LogP) is 3.45. The van der Waals surface area contributed by atoms with Crippen molar-refractivity contribution in [1.82, 2.24) is 4.90 Å². The summed E-state index contributed by atoms with van der Waals surface area (Å²) in [5.41, 5.74) is 2.15. The van der Waals surface area contributed by atoms with Gasteiger partial charge in [-0.2, -0.15) is 0 Å². The smallest absolute Gasteiger partial charge is 0.213 e. The minimum Gasteiger partial charge on any atom is -0.462 e. The van der Waals surface area contributed by atoms with Gasteiger partial charge in [0.05, 0.1) is 24.2 Å². The number of sulfone groups is 1. The lowest BCUT2D eigenvalue weighted by molar-refractivity contribution is -0.231. The van der Waals surface area contributed by atoms with Crippen molar-refractivity contribution in [2.45, 2.75) is 69.5 Å². The fourth-order valence-electron chi connectivity index (χ4n) is 5.47. The summed E-state index contributed by atoms with van der Waals surface area (Å²) in [5, 5.41) is 0. The van der Waals surface area contributed by atoms with Crippen LogP contribution >= 0.6 is 0 Å². The van der Waals surface area contributed by atoms with E-state index in [9.17, 15) is 8.42 Å². The van der Waals surface area contributed by atoms with Crippen LogP contribution in [0.15, 0.2) is 18.2 Å². The Hall–Kier alpha value is -1.15. The first-order chi connectivity index (χ1) is 14.5. The number of fused-ring (bicyclic) bond motifs is 1. The van der Waals surface area contributed by atoms with Crippen molar-refractivity contribution in [2.75, 3.05) is 31.7 Å². The van der Waals surface area contributed by atoms with Gasteiger partial charge < -0.3 is 14.2 Å². The Kier molecular flexibility index (Phi) is 5.58. The Balaban J connectivity index is 1.26. The monoisotopic (exact) mass is 435 g/mol. The van der Waals surface area contributed by atoms with E-state index in [1.807, 2.05) is 0 Å². The van der Waals surface area contributed by atoms with E-state index in [0.717, 1.165) is 48.8 Å². The number of nitrogens with zero attached hydrogens (tertiary/aromatic N) is 1. The van der Waals surface area contributed by atoms with Gasteiger partial charge in [0.25, 0.3) is 0 Å². The maximum atomic E-state index is 11.8. The third kappa shape index (κ3) is 4.01. The summed E-state index contributed by atoms with van der Waals surface area (Å²) in [4.78, 5) is 2.60. The number of piperidine rings is 1. The first-order valence-electron chi connectivity index (χ1n) is 11.4. The summed E-state index contributed by atoms with van der Waals surface area (Å²) in [6, 6.07) is 7.04. The maximum absolute atomic E-state index is 11.8. The lowest BCUT2D eigenvalue weighted by Gasteiger charge is -2.47. The van der Waals surface area contributed by atoms with E-state index < -0.39 is 15.6 Å². The molecule has 6 nitrogen and oxygen atoms in total. The topological polar surface area (TPSA) is 65.1 Å². The van der Waals surface area contributed by atoms with Gasteiger partial charge in [0.2, 0.25) is 5.79 Å². The molecule has 1 spiro atoms. The summed E-state index contributed by atoms with van der Waals surface area (Å²) < 4.78 is 42.1. The number of rotatable bonds is 4. The standard InChI is InChI=1S/C23H33NO5S/c1-27-22(17-7-13-30(25,26)14-8-17)18-5-6-21-19(15-18)16-28-23(29-21)9-11-24(12-10-23)20-3-2-4-20/h5-6,15,17,20,22H,2-4,7-14,16H2,1H3. The average Bonchev–Trinajstić information content (AvgIpc) is 2.70. The van der Waals surface area contributed by atoms with E-state index >= 15 is 0 Å². The zero-order valence-electron chi connectivity index (χ0n) is 17.8. The fourth-order valence-corrected chi connectivity index (χ4v) is 7.00. The van der Waals surface area contributed by atoms with Crippen molar-refractivity contribution < 1.29 is 22.6 Å². The second-order valence-electron chi connectivity index (χ2n) is 9.43. The van der Waals surface area contributed by atoms with Gasteiger partial charge in [-0.15, -0.1) is 0 Å². The Labute approximate surface area is 179 Å². The van der Waals surface area contributed by atoms with Crippen molar-refractivity contribution in [1.29, 1.82) is 0 Å². The molecule has 0 aromatic heterocycles. The van der Waals surface area contributed by atoms with Crippen LogP contribution in [0.5, 0.6) is 5.75 Å². The number of ether oxygens (including phenoxy) is 3. The number of hydrogen-bond donors (Lipinski definition) is 0. The van der Waals surface area contributed by atoms with E-state index in [1.54, 1.807) is 7.11 Å². The van der Waals surface area contributed by atoms with Crippen LogP contribution < -0.4 is 4.74 Å². The van der Waals surface area contributed by atoms with Gasteiger partial charge in [0.15, 0.2) is 0 Å². The molecule has 2 saturated heterocycles. The normalized spacial score (nSPS) is 27.8. The van der Waals surface area contributed by atoms with Gasteiger partial charge in [0.1, 0.15) is 15.6 Å². The molecule has 1 atom stereocenters. The molecule has 3 heterocycles. The molecule has 0 amide bonds. The lowest BCUT2D eigenvalue weighted by atomic mass is 9.88. The molecule has 30 heavy (non-hydrogen) atoms. The van der Waals surface area contributed by atoms with Crippen LogP contribution in [0.4, 0.5) is 0 Å². The maximum Gasteiger partial charge on any atom is 0.213 e. The molecule has 4 aliphatic rings. The van der Waals surface area contributed by atoms with Crippen molar-refractivity contribution in [2.24, 2.45) is 5.92 Å². The minimum absolute atomic E-state index is 0.0904. The van der Waals surface area contributed by atoms with Crippen LogP contribution in [-0.4, -0.2) is 56.9 Å². The van der Waals surface area contributed by atoms with Crippen molar-refractivity contribution in [3.8, 4) is 5.75 Å². The second-order valence-corrected chi connectivity index (χ2v) is 11.7. The van der Waals surface area contributed by atoms with E-state index in [1.165, 1.54) is 19.3 Å². The fraction of sp³-hybridized carbons (Fsp3) is 0.739. The highest BCUT2D eigenvalue weighted by Gasteiger charge is 2.43. The minimum atomic E-state index is -2.88. The average molecular weight is 436 g/mol. The van der Waals surface area contributed by atoms with E-state index in [2.05, 4.69) is 23.1 Å². The Morgan fingerprint density at radius 1 is 1.13 bits per heavy atom. The highest BCUT2D eigenvalue weighted by Crippen LogP contribution is 2.41. The second kappa shape index (κ2) is 8.08. The van der Waals surface area contributed by atoms with Crippen LogP contribution in [-0.2, 0) is 25.9 Å². The number of hydrogen-bond acceptors (Lipinski definition) is 6.